The van der Waals surface area contributed by atoms with E-state index in [0.717, 1.165) is 5.56 Å². The molecular weight excluding hydrogens is 274 g/mol. The van der Waals surface area contributed by atoms with E-state index >= 15 is 0 Å². The molecule has 3 N–H and O–H groups in total. The zero-order valence-corrected chi connectivity index (χ0v) is 11.6. The third-order valence-electron chi connectivity index (χ3n) is 3.39. The summed E-state index contributed by atoms with van der Waals surface area (Å²) in [6.07, 6.45) is 0.607. The number of carboxylic acid groups (broad SMARTS) is 1. The van der Waals surface area contributed by atoms with Crippen molar-refractivity contribution in [3.8, 4) is 0 Å². The van der Waals surface area contributed by atoms with Crippen molar-refractivity contribution in [1.82, 2.24) is 15.5 Å². The molecule has 1 aromatic carbocycles. The van der Waals surface area contributed by atoms with Gasteiger partial charge in [0.05, 0.1) is 5.56 Å². The summed E-state index contributed by atoms with van der Waals surface area (Å²) in [5, 5.41) is 14.0. The van der Waals surface area contributed by atoms with Gasteiger partial charge in [-0.2, -0.15) is 0 Å². The lowest BCUT2D eigenvalue weighted by Crippen LogP contribution is -2.45. The van der Waals surface area contributed by atoms with E-state index in [9.17, 15) is 14.4 Å². The second-order valence-electron chi connectivity index (χ2n) is 4.93. The maximum absolute atomic E-state index is 11.7. The molecule has 1 aromatic rings. The first-order valence-electron chi connectivity index (χ1n) is 6.59. The zero-order chi connectivity index (χ0) is 15.4. The van der Waals surface area contributed by atoms with E-state index < -0.39 is 18.0 Å². The largest absolute Gasteiger partial charge is 0.478 e. The van der Waals surface area contributed by atoms with E-state index in [1.807, 2.05) is 0 Å². The number of urea groups is 1. The van der Waals surface area contributed by atoms with Crippen LogP contribution in [0.3, 0.4) is 0 Å². The first-order chi connectivity index (χ1) is 9.97. The minimum Gasteiger partial charge on any atom is -0.478 e. The van der Waals surface area contributed by atoms with Crippen molar-refractivity contribution in [3.05, 3.63) is 35.4 Å². The van der Waals surface area contributed by atoms with Crippen LogP contribution in [0.2, 0.25) is 0 Å². The molecule has 1 unspecified atom stereocenters. The summed E-state index contributed by atoms with van der Waals surface area (Å²) in [5.41, 5.74) is 0.979. The van der Waals surface area contributed by atoms with Gasteiger partial charge in [-0.3, -0.25) is 4.79 Å². The molecule has 1 heterocycles. The van der Waals surface area contributed by atoms with Gasteiger partial charge in [-0.25, -0.2) is 9.59 Å². The van der Waals surface area contributed by atoms with Gasteiger partial charge in [0, 0.05) is 20.1 Å². The number of amides is 3. The predicted molar refractivity (Wildman–Crippen MR) is 74.8 cm³/mol. The molecule has 7 nitrogen and oxygen atoms in total. The van der Waals surface area contributed by atoms with Crippen LogP contribution in [0.25, 0.3) is 0 Å². The molecule has 1 aliphatic rings. The van der Waals surface area contributed by atoms with E-state index in [1.165, 1.54) is 12.1 Å². The third kappa shape index (κ3) is 3.71. The predicted octanol–water partition coefficient (Wildman–Crippen LogP) is 0.415. The normalized spacial score (nSPS) is 17.7. The van der Waals surface area contributed by atoms with Gasteiger partial charge in [0.25, 0.3) is 0 Å². The van der Waals surface area contributed by atoms with Crippen LogP contribution in [-0.2, 0) is 11.3 Å². The first-order valence-corrected chi connectivity index (χ1v) is 6.59. The van der Waals surface area contributed by atoms with Crippen molar-refractivity contribution in [3.63, 3.8) is 0 Å². The number of likely N-dealkylation sites (N-methyl/N-ethyl adjacent to an activating group) is 1. The summed E-state index contributed by atoms with van der Waals surface area (Å²) in [6, 6.07) is 5.35. The quantitative estimate of drug-likeness (QED) is 0.748. The monoisotopic (exact) mass is 291 g/mol. The number of aromatic carboxylic acids is 1. The van der Waals surface area contributed by atoms with Gasteiger partial charge in [0.15, 0.2) is 0 Å². The molecule has 0 aromatic heterocycles. The topological polar surface area (TPSA) is 98.7 Å². The summed E-state index contributed by atoms with van der Waals surface area (Å²) < 4.78 is 0. The molecule has 112 valence electrons. The molecule has 3 amide bonds. The lowest BCUT2D eigenvalue weighted by molar-refractivity contribution is -0.128. The number of nitrogens with zero attached hydrogens (tertiary/aromatic N) is 1. The lowest BCUT2D eigenvalue weighted by Gasteiger charge is -2.13. The van der Waals surface area contributed by atoms with Gasteiger partial charge in [-0.15, -0.1) is 0 Å². The molecular formula is C14H17N3O4. The Hall–Kier alpha value is -2.57. The maximum atomic E-state index is 11.7. The van der Waals surface area contributed by atoms with Crippen LogP contribution in [0, 0.1) is 0 Å². The molecule has 0 radical (unpaired) electrons. The number of carboxylic acids is 1. The summed E-state index contributed by atoms with van der Waals surface area (Å²) in [6.45, 7) is 0.906. The Bertz CT molecular complexity index is 556. The number of nitrogens with one attached hydrogen (secondary N) is 2. The average molecular weight is 291 g/mol. The number of benzene rings is 1. The van der Waals surface area contributed by atoms with Gasteiger partial charge in [0.1, 0.15) is 6.04 Å². The van der Waals surface area contributed by atoms with Crippen LogP contribution < -0.4 is 10.6 Å². The highest BCUT2D eigenvalue weighted by molar-refractivity contribution is 5.88. The molecule has 0 bridgehead atoms. The SMILES string of the molecule is CN1CCC(NC(=O)NCc2ccc(C(=O)O)cc2)C1=O. The average Bonchev–Trinajstić information content (AvgIpc) is 2.77. The fourth-order valence-electron chi connectivity index (χ4n) is 2.11. The van der Waals surface area contributed by atoms with Crippen LogP contribution in [0.15, 0.2) is 24.3 Å². The van der Waals surface area contributed by atoms with Crippen LogP contribution in [-0.4, -0.2) is 47.5 Å². The molecule has 1 saturated heterocycles. The van der Waals surface area contributed by atoms with Gasteiger partial charge in [-0.05, 0) is 24.1 Å². The Morgan fingerprint density at radius 1 is 1.33 bits per heavy atom. The first kappa shape index (κ1) is 14.8. The highest BCUT2D eigenvalue weighted by Gasteiger charge is 2.29. The molecule has 1 aliphatic heterocycles. The molecule has 0 aliphatic carbocycles. The van der Waals surface area contributed by atoms with Gasteiger partial charge in [0.2, 0.25) is 5.91 Å². The molecule has 21 heavy (non-hydrogen) atoms. The van der Waals surface area contributed by atoms with Crippen LogP contribution in [0.4, 0.5) is 4.79 Å². The van der Waals surface area contributed by atoms with Crippen LogP contribution in [0.1, 0.15) is 22.3 Å². The number of hydrogen-bond donors (Lipinski definition) is 3. The fraction of sp³-hybridized carbons (Fsp3) is 0.357. The second kappa shape index (κ2) is 6.25. The van der Waals surface area contributed by atoms with E-state index in [2.05, 4.69) is 10.6 Å². The van der Waals surface area contributed by atoms with E-state index in [-0.39, 0.29) is 18.0 Å². The van der Waals surface area contributed by atoms with Crippen molar-refractivity contribution < 1.29 is 19.5 Å². The number of likely N-dealkylation sites (tertiary alicyclic amines) is 1. The Morgan fingerprint density at radius 3 is 2.52 bits per heavy atom. The summed E-state index contributed by atoms with van der Waals surface area (Å²) in [7, 11) is 1.70. The van der Waals surface area contributed by atoms with E-state index in [1.54, 1.807) is 24.1 Å². The minimum absolute atomic E-state index is 0.0871. The Labute approximate surface area is 121 Å². The molecule has 7 heteroatoms. The lowest BCUT2D eigenvalue weighted by atomic mass is 10.1. The molecule has 2 rings (SSSR count). The summed E-state index contributed by atoms with van der Waals surface area (Å²) in [4.78, 5) is 35.6. The third-order valence-corrected chi connectivity index (χ3v) is 3.39. The molecule has 0 saturated carbocycles. The highest BCUT2D eigenvalue weighted by atomic mass is 16.4. The van der Waals surface area contributed by atoms with E-state index in [0.29, 0.717) is 13.0 Å². The summed E-state index contributed by atoms with van der Waals surface area (Å²) in [5.74, 6) is -1.08. The number of rotatable bonds is 4. The number of carbonyl (C=O) groups is 3. The Morgan fingerprint density at radius 2 is 2.00 bits per heavy atom. The standard InChI is InChI=1S/C14H17N3O4/c1-17-7-6-11(12(17)18)16-14(21)15-8-9-2-4-10(5-3-9)13(19)20/h2-5,11H,6-8H2,1H3,(H,19,20)(H2,15,16,21). The Kier molecular flexibility index (Phi) is 4.42. The molecule has 0 spiro atoms. The maximum Gasteiger partial charge on any atom is 0.335 e. The van der Waals surface area contributed by atoms with Crippen molar-refractivity contribution in [2.45, 2.75) is 19.0 Å². The van der Waals surface area contributed by atoms with Crippen molar-refractivity contribution in [1.29, 1.82) is 0 Å². The van der Waals surface area contributed by atoms with Crippen LogP contribution >= 0.6 is 0 Å². The fourth-order valence-corrected chi connectivity index (χ4v) is 2.11. The molecule has 1 fully saturated rings. The van der Waals surface area contributed by atoms with Crippen LogP contribution in [0.5, 0.6) is 0 Å². The smallest absolute Gasteiger partial charge is 0.335 e. The highest BCUT2D eigenvalue weighted by Crippen LogP contribution is 2.08. The number of carbonyl (C=O) groups excluding carboxylic acids is 2. The van der Waals surface area contributed by atoms with Gasteiger partial charge in [-0.1, -0.05) is 12.1 Å². The minimum atomic E-state index is -0.990. The molecule has 1 atom stereocenters. The number of hydrogen-bond acceptors (Lipinski definition) is 3. The van der Waals surface area contributed by atoms with Crippen molar-refractivity contribution >= 4 is 17.9 Å². The summed E-state index contributed by atoms with van der Waals surface area (Å²) >= 11 is 0. The second-order valence-corrected chi connectivity index (χ2v) is 4.93. The van der Waals surface area contributed by atoms with Crippen molar-refractivity contribution in [2.24, 2.45) is 0 Å². The zero-order valence-electron chi connectivity index (χ0n) is 11.6. The van der Waals surface area contributed by atoms with Gasteiger partial charge >= 0.3 is 12.0 Å². The van der Waals surface area contributed by atoms with E-state index in [4.69, 9.17) is 5.11 Å². The Balaban J connectivity index is 1.81. The van der Waals surface area contributed by atoms with Crippen molar-refractivity contribution in [2.75, 3.05) is 13.6 Å². The van der Waals surface area contributed by atoms with Gasteiger partial charge < -0.3 is 20.6 Å².